The van der Waals surface area contributed by atoms with E-state index in [0.717, 1.165) is 27.7 Å². The van der Waals surface area contributed by atoms with Crippen molar-refractivity contribution in [3.63, 3.8) is 0 Å². The van der Waals surface area contributed by atoms with Crippen LogP contribution in [0.2, 0.25) is 0 Å². The molecule has 1 aromatic heterocycles. The van der Waals surface area contributed by atoms with E-state index in [1.807, 2.05) is 41.3 Å². The summed E-state index contributed by atoms with van der Waals surface area (Å²) in [4.78, 5) is 18.2. The number of fused-ring (bicyclic) bond motifs is 3. The zero-order chi connectivity index (χ0) is 15.3. The molecule has 1 atom stereocenters. The minimum Gasteiger partial charge on any atom is -0.350 e. The van der Waals surface area contributed by atoms with E-state index in [1.165, 1.54) is 0 Å². The van der Waals surface area contributed by atoms with Crippen molar-refractivity contribution in [3.05, 3.63) is 71.4 Å². The van der Waals surface area contributed by atoms with Crippen LogP contribution >= 0.6 is 0 Å². The lowest BCUT2D eigenvalue weighted by Gasteiger charge is -2.29. The molecule has 3 nitrogen and oxygen atoms in total. The number of hydrogen-bond acceptors (Lipinski definition) is 1. The van der Waals surface area contributed by atoms with Gasteiger partial charge in [0.25, 0.3) is 5.91 Å². The van der Waals surface area contributed by atoms with Gasteiger partial charge in [0.2, 0.25) is 0 Å². The molecule has 1 aliphatic rings. The molecule has 4 rings (SSSR count). The number of benzene rings is 2. The van der Waals surface area contributed by atoms with E-state index in [0.29, 0.717) is 0 Å². The van der Waals surface area contributed by atoms with Crippen molar-refractivity contribution in [1.82, 2.24) is 9.88 Å². The molecule has 1 aliphatic heterocycles. The molecule has 3 heteroatoms. The van der Waals surface area contributed by atoms with Gasteiger partial charge in [-0.15, -0.1) is 0 Å². The van der Waals surface area contributed by atoms with Gasteiger partial charge in [-0.1, -0.05) is 48.5 Å². The first kappa shape index (κ1) is 13.1. The first-order valence-corrected chi connectivity index (χ1v) is 7.66. The molecule has 3 aromatic rings. The van der Waals surface area contributed by atoms with Crippen LogP contribution in [0, 0.1) is 0 Å². The number of amides is 1. The first-order valence-electron chi connectivity index (χ1n) is 7.66. The highest BCUT2D eigenvalue weighted by molar-refractivity contribution is 6.05. The average Bonchev–Trinajstić information content (AvgIpc) is 3.04. The fourth-order valence-corrected chi connectivity index (χ4v) is 3.50. The molecule has 22 heavy (non-hydrogen) atoms. The summed E-state index contributed by atoms with van der Waals surface area (Å²) in [5.74, 6) is 0.0926. The molecule has 0 saturated carbocycles. The van der Waals surface area contributed by atoms with E-state index >= 15 is 0 Å². The maximum absolute atomic E-state index is 12.9. The summed E-state index contributed by atoms with van der Waals surface area (Å²) in [6, 6.07) is 18.6. The van der Waals surface area contributed by atoms with Crippen molar-refractivity contribution in [3.8, 4) is 0 Å². The van der Waals surface area contributed by atoms with E-state index in [1.54, 1.807) is 0 Å². The molecule has 1 unspecified atom stereocenters. The van der Waals surface area contributed by atoms with Crippen molar-refractivity contribution < 1.29 is 4.79 Å². The summed E-state index contributed by atoms with van der Waals surface area (Å²) < 4.78 is 0. The molecule has 0 spiro atoms. The molecule has 1 N–H and O–H groups in total. The second-order valence-corrected chi connectivity index (χ2v) is 6.08. The minimum atomic E-state index is -0.0140. The second-order valence-electron chi connectivity index (χ2n) is 6.08. The Morgan fingerprint density at radius 2 is 1.68 bits per heavy atom. The lowest BCUT2D eigenvalue weighted by molar-refractivity contribution is 0.0690. The van der Waals surface area contributed by atoms with Crippen molar-refractivity contribution in [2.45, 2.75) is 25.9 Å². The zero-order valence-corrected chi connectivity index (χ0v) is 12.7. The van der Waals surface area contributed by atoms with Crippen LogP contribution in [0.5, 0.6) is 0 Å². The molecule has 0 saturated heterocycles. The predicted octanol–water partition coefficient (Wildman–Crippen LogP) is 4.12. The predicted molar refractivity (Wildman–Crippen MR) is 87.9 cm³/mol. The number of aromatic amines is 1. The molecular weight excluding hydrogens is 272 g/mol. The smallest absolute Gasteiger partial charge is 0.271 e. The van der Waals surface area contributed by atoms with Crippen molar-refractivity contribution >= 4 is 16.8 Å². The fourth-order valence-electron chi connectivity index (χ4n) is 3.50. The van der Waals surface area contributed by atoms with Crippen LogP contribution < -0.4 is 0 Å². The van der Waals surface area contributed by atoms with Crippen LogP contribution in [0.3, 0.4) is 0 Å². The second kappa shape index (κ2) is 4.73. The number of H-pyrrole nitrogens is 1. The van der Waals surface area contributed by atoms with Gasteiger partial charge in [0, 0.05) is 22.5 Å². The largest absolute Gasteiger partial charge is 0.350 e. The van der Waals surface area contributed by atoms with Crippen LogP contribution in [0.25, 0.3) is 10.9 Å². The van der Waals surface area contributed by atoms with Crippen LogP contribution in [0.1, 0.15) is 41.5 Å². The highest BCUT2D eigenvalue weighted by Gasteiger charge is 2.41. The Labute approximate surface area is 129 Å². The summed E-state index contributed by atoms with van der Waals surface area (Å²) in [6.45, 7) is 4.14. The summed E-state index contributed by atoms with van der Waals surface area (Å²) in [5.41, 5.74) is 4.04. The highest BCUT2D eigenvalue weighted by Crippen LogP contribution is 2.43. The van der Waals surface area contributed by atoms with E-state index in [-0.39, 0.29) is 18.0 Å². The number of carbonyl (C=O) groups is 1. The summed E-state index contributed by atoms with van der Waals surface area (Å²) in [5, 5.41) is 1.14. The summed E-state index contributed by atoms with van der Waals surface area (Å²) in [6.07, 6.45) is 0. The van der Waals surface area contributed by atoms with Gasteiger partial charge in [0.05, 0.1) is 6.04 Å². The number of carbonyl (C=O) groups excluding carboxylic acids is 1. The third-order valence-electron chi connectivity index (χ3n) is 4.42. The molecule has 0 aliphatic carbocycles. The van der Waals surface area contributed by atoms with Crippen LogP contribution in [-0.4, -0.2) is 21.8 Å². The number of hydrogen-bond donors (Lipinski definition) is 1. The molecule has 110 valence electrons. The normalized spacial score (nSPS) is 17.5. The SMILES string of the molecule is CC(C)N1C(=O)c2[nH]c3ccccc3c2C1c1ccccc1. The number of aromatic nitrogens is 1. The van der Waals surface area contributed by atoms with E-state index in [2.05, 4.69) is 37.0 Å². The van der Waals surface area contributed by atoms with Gasteiger partial charge in [0.1, 0.15) is 5.69 Å². The molecule has 2 aromatic carbocycles. The first-order chi connectivity index (χ1) is 10.7. The summed E-state index contributed by atoms with van der Waals surface area (Å²) in [7, 11) is 0. The number of nitrogens with zero attached hydrogens (tertiary/aromatic N) is 1. The third kappa shape index (κ3) is 1.72. The molecule has 2 heterocycles. The van der Waals surface area contributed by atoms with Crippen LogP contribution in [0.4, 0.5) is 0 Å². The summed E-state index contributed by atoms with van der Waals surface area (Å²) >= 11 is 0. The van der Waals surface area contributed by atoms with Crippen LogP contribution in [-0.2, 0) is 0 Å². The van der Waals surface area contributed by atoms with Gasteiger partial charge in [-0.3, -0.25) is 4.79 Å². The quantitative estimate of drug-likeness (QED) is 0.757. The lowest BCUT2D eigenvalue weighted by atomic mass is 9.97. The Morgan fingerprint density at radius 3 is 2.41 bits per heavy atom. The third-order valence-corrected chi connectivity index (χ3v) is 4.42. The molecule has 0 fully saturated rings. The molecule has 0 radical (unpaired) electrons. The lowest BCUT2D eigenvalue weighted by Crippen LogP contribution is -2.35. The van der Waals surface area contributed by atoms with Gasteiger partial charge in [0.15, 0.2) is 0 Å². The van der Waals surface area contributed by atoms with Gasteiger partial charge < -0.3 is 9.88 Å². The maximum Gasteiger partial charge on any atom is 0.271 e. The van der Waals surface area contributed by atoms with Gasteiger partial charge in [-0.05, 0) is 25.5 Å². The highest BCUT2D eigenvalue weighted by atomic mass is 16.2. The Hall–Kier alpha value is -2.55. The van der Waals surface area contributed by atoms with Gasteiger partial charge >= 0.3 is 0 Å². The van der Waals surface area contributed by atoms with Crippen LogP contribution in [0.15, 0.2) is 54.6 Å². The minimum absolute atomic E-state index is 0.0140. The molecular formula is C19H18N2O. The van der Waals surface area contributed by atoms with Crippen molar-refractivity contribution in [1.29, 1.82) is 0 Å². The topological polar surface area (TPSA) is 36.1 Å². The van der Waals surface area contributed by atoms with E-state index in [4.69, 9.17) is 0 Å². The number of rotatable bonds is 2. The molecule has 1 amide bonds. The van der Waals surface area contributed by atoms with Crippen molar-refractivity contribution in [2.75, 3.05) is 0 Å². The van der Waals surface area contributed by atoms with E-state index in [9.17, 15) is 4.79 Å². The van der Waals surface area contributed by atoms with Gasteiger partial charge in [-0.2, -0.15) is 0 Å². The monoisotopic (exact) mass is 290 g/mol. The van der Waals surface area contributed by atoms with Crippen molar-refractivity contribution in [2.24, 2.45) is 0 Å². The maximum atomic E-state index is 12.9. The Balaban J connectivity index is 2.00. The number of nitrogens with one attached hydrogen (secondary N) is 1. The zero-order valence-electron chi connectivity index (χ0n) is 12.7. The average molecular weight is 290 g/mol. The van der Waals surface area contributed by atoms with Gasteiger partial charge in [-0.25, -0.2) is 0 Å². The fraction of sp³-hybridized carbons (Fsp3) is 0.211. The Morgan fingerprint density at radius 1 is 1.00 bits per heavy atom. The molecule has 0 bridgehead atoms. The number of para-hydroxylation sites is 1. The standard InChI is InChI=1S/C19H18N2O/c1-12(2)21-18(13-8-4-3-5-9-13)16-14-10-6-7-11-15(14)20-17(16)19(21)22/h3-12,18,20H,1-2H3. The Bertz CT molecular complexity index is 848. The van der Waals surface area contributed by atoms with E-state index < -0.39 is 0 Å². The Kier molecular flexibility index (Phi) is 2.83.